The Kier molecular flexibility index (Phi) is 6.20. The Labute approximate surface area is 170 Å². The van der Waals surface area contributed by atoms with Crippen molar-refractivity contribution in [3.8, 4) is 0 Å². The topological polar surface area (TPSA) is 66.5 Å². The maximum absolute atomic E-state index is 13.0. The molecule has 1 amide bonds. The van der Waals surface area contributed by atoms with Crippen molar-refractivity contribution >= 4 is 49.1 Å². The van der Waals surface area contributed by atoms with E-state index in [2.05, 4.69) is 21.2 Å². The zero-order chi connectivity index (χ0) is 19.6. The molecule has 0 spiro atoms. The van der Waals surface area contributed by atoms with Crippen LogP contribution in [0.3, 0.4) is 0 Å². The second-order valence-electron chi connectivity index (χ2n) is 6.25. The van der Waals surface area contributed by atoms with Gasteiger partial charge in [0.15, 0.2) is 0 Å². The lowest BCUT2D eigenvalue weighted by Gasteiger charge is -2.30. The van der Waals surface area contributed by atoms with Crippen LogP contribution in [0.4, 0.5) is 10.1 Å². The Balaban J connectivity index is 1.62. The number of halogens is 3. The third-order valence-electron chi connectivity index (χ3n) is 4.47. The molecule has 0 aliphatic carbocycles. The molecule has 0 bridgehead atoms. The van der Waals surface area contributed by atoms with E-state index in [1.54, 1.807) is 18.2 Å². The first-order valence-corrected chi connectivity index (χ1v) is 10.9. The lowest BCUT2D eigenvalue weighted by molar-refractivity contribution is -0.120. The maximum Gasteiger partial charge on any atom is 0.243 e. The molecule has 9 heteroatoms. The first-order valence-electron chi connectivity index (χ1n) is 8.29. The van der Waals surface area contributed by atoms with Gasteiger partial charge in [-0.15, -0.1) is 0 Å². The molecule has 2 aromatic rings. The quantitative estimate of drug-likeness (QED) is 0.718. The Bertz CT molecular complexity index is 946. The average molecular weight is 476 g/mol. The van der Waals surface area contributed by atoms with Gasteiger partial charge in [-0.2, -0.15) is 4.31 Å². The summed E-state index contributed by atoms with van der Waals surface area (Å²) < 4.78 is 40.4. The van der Waals surface area contributed by atoms with Gasteiger partial charge in [0.2, 0.25) is 15.9 Å². The van der Waals surface area contributed by atoms with Crippen molar-refractivity contribution < 1.29 is 17.6 Å². The first-order chi connectivity index (χ1) is 12.8. The van der Waals surface area contributed by atoms with Crippen molar-refractivity contribution in [3.63, 3.8) is 0 Å². The summed E-state index contributed by atoms with van der Waals surface area (Å²) in [4.78, 5) is 12.5. The highest BCUT2D eigenvalue weighted by Gasteiger charge is 2.32. The summed E-state index contributed by atoms with van der Waals surface area (Å²) in [7, 11) is -3.69. The van der Waals surface area contributed by atoms with Crippen LogP contribution >= 0.6 is 27.5 Å². The van der Waals surface area contributed by atoms with Gasteiger partial charge in [-0.3, -0.25) is 4.79 Å². The van der Waals surface area contributed by atoms with Crippen molar-refractivity contribution in [1.82, 2.24) is 4.31 Å². The first kappa shape index (κ1) is 20.3. The molecule has 5 nitrogen and oxygen atoms in total. The molecule has 1 aliphatic rings. The van der Waals surface area contributed by atoms with Crippen LogP contribution in [0.1, 0.15) is 12.8 Å². The molecule has 1 N–H and O–H groups in total. The number of benzene rings is 2. The molecular formula is C18H17BrClFN2O3S. The van der Waals surface area contributed by atoms with E-state index in [0.717, 1.165) is 16.6 Å². The smallest absolute Gasteiger partial charge is 0.243 e. The summed E-state index contributed by atoms with van der Waals surface area (Å²) >= 11 is 9.42. The van der Waals surface area contributed by atoms with Gasteiger partial charge < -0.3 is 5.32 Å². The predicted molar refractivity (Wildman–Crippen MR) is 106 cm³/mol. The number of sulfonamides is 1. The normalized spacial score (nSPS) is 16.3. The number of piperidine rings is 1. The van der Waals surface area contributed by atoms with E-state index < -0.39 is 15.8 Å². The summed E-state index contributed by atoms with van der Waals surface area (Å²) in [6.07, 6.45) is 0.806. The highest BCUT2D eigenvalue weighted by molar-refractivity contribution is 9.10. The molecule has 0 unspecified atom stereocenters. The molecule has 1 aliphatic heterocycles. The SMILES string of the molecule is O=C(Nc1ccc(Br)cc1Cl)C1CCN(S(=O)(=O)c2ccc(F)cc2)CC1. The van der Waals surface area contributed by atoms with E-state index in [1.165, 1.54) is 16.4 Å². The van der Waals surface area contributed by atoms with Crippen LogP contribution in [0.2, 0.25) is 5.02 Å². The molecular weight excluding hydrogens is 459 g/mol. The lowest BCUT2D eigenvalue weighted by atomic mass is 9.97. The highest BCUT2D eigenvalue weighted by Crippen LogP contribution is 2.28. The Morgan fingerprint density at radius 3 is 2.37 bits per heavy atom. The van der Waals surface area contributed by atoms with Crippen LogP contribution in [0.15, 0.2) is 51.8 Å². The standard InChI is InChI=1S/C18H17BrClFN2O3S/c19-13-1-6-17(16(20)11-13)22-18(24)12-7-9-23(10-8-12)27(25,26)15-4-2-14(21)3-5-15/h1-6,11-12H,7-10H2,(H,22,24). The minimum atomic E-state index is -3.69. The fourth-order valence-electron chi connectivity index (χ4n) is 2.94. The second-order valence-corrected chi connectivity index (χ2v) is 9.51. The van der Waals surface area contributed by atoms with E-state index in [-0.39, 0.29) is 29.8 Å². The van der Waals surface area contributed by atoms with Gasteiger partial charge in [-0.1, -0.05) is 27.5 Å². The summed E-state index contributed by atoms with van der Waals surface area (Å²) in [5, 5.41) is 3.22. The number of anilines is 1. The lowest BCUT2D eigenvalue weighted by Crippen LogP contribution is -2.41. The molecule has 1 fully saturated rings. The van der Waals surface area contributed by atoms with E-state index in [1.807, 2.05) is 0 Å². The number of amides is 1. The zero-order valence-corrected chi connectivity index (χ0v) is 17.3. The molecule has 1 saturated heterocycles. The highest BCUT2D eigenvalue weighted by atomic mass is 79.9. The van der Waals surface area contributed by atoms with Crippen LogP contribution in [-0.2, 0) is 14.8 Å². The minimum absolute atomic E-state index is 0.0495. The molecule has 0 saturated carbocycles. The number of nitrogens with one attached hydrogen (secondary N) is 1. The summed E-state index contributed by atoms with van der Waals surface area (Å²) in [6.45, 7) is 0.456. The fraction of sp³-hybridized carbons (Fsp3) is 0.278. The summed E-state index contributed by atoms with van der Waals surface area (Å²) in [6, 6.07) is 9.91. The number of hydrogen-bond acceptors (Lipinski definition) is 3. The van der Waals surface area contributed by atoms with Crippen LogP contribution < -0.4 is 5.32 Å². The third kappa shape index (κ3) is 4.68. The number of carbonyl (C=O) groups excluding carboxylic acids is 1. The summed E-state index contributed by atoms with van der Waals surface area (Å²) in [5.41, 5.74) is 0.520. The Morgan fingerprint density at radius 1 is 1.15 bits per heavy atom. The van der Waals surface area contributed by atoms with Gasteiger partial charge in [0.1, 0.15) is 5.82 Å². The van der Waals surface area contributed by atoms with Gasteiger partial charge in [0, 0.05) is 23.5 Å². The Hall–Kier alpha value is -1.48. The van der Waals surface area contributed by atoms with Crippen LogP contribution in [0, 0.1) is 11.7 Å². The zero-order valence-electron chi connectivity index (χ0n) is 14.2. The number of rotatable bonds is 4. The summed E-state index contributed by atoms with van der Waals surface area (Å²) in [5.74, 6) is -0.974. The van der Waals surface area contributed by atoms with E-state index in [4.69, 9.17) is 11.6 Å². The minimum Gasteiger partial charge on any atom is -0.325 e. The van der Waals surface area contributed by atoms with Crippen LogP contribution in [0.5, 0.6) is 0 Å². The van der Waals surface area contributed by atoms with Crippen molar-refractivity contribution in [2.45, 2.75) is 17.7 Å². The maximum atomic E-state index is 13.0. The molecule has 2 aromatic carbocycles. The van der Waals surface area contributed by atoms with Crippen LogP contribution in [-0.4, -0.2) is 31.7 Å². The predicted octanol–water partition coefficient (Wildman–Crippen LogP) is 4.28. The Morgan fingerprint density at radius 2 is 1.78 bits per heavy atom. The van der Waals surface area contributed by atoms with Gasteiger partial charge in [-0.05, 0) is 55.3 Å². The van der Waals surface area contributed by atoms with Crippen molar-refractivity contribution in [2.24, 2.45) is 5.92 Å². The molecule has 3 rings (SSSR count). The number of nitrogens with zero attached hydrogens (tertiary/aromatic N) is 1. The molecule has 0 aromatic heterocycles. The van der Waals surface area contributed by atoms with Crippen molar-refractivity contribution in [1.29, 1.82) is 0 Å². The average Bonchev–Trinajstić information content (AvgIpc) is 2.64. The van der Waals surface area contributed by atoms with E-state index in [9.17, 15) is 17.6 Å². The molecule has 0 atom stereocenters. The van der Waals surface area contributed by atoms with Gasteiger partial charge >= 0.3 is 0 Å². The molecule has 0 radical (unpaired) electrons. The number of hydrogen-bond donors (Lipinski definition) is 1. The van der Waals surface area contributed by atoms with Gasteiger partial charge in [0.25, 0.3) is 0 Å². The molecule has 1 heterocycles. The number of carbonyl (C=O) groups is 1. The molecule has 144 valence electrons. The van der Waals surface area contributed by atoms with Crippen molar-refractivity contribution in [3.05, 3.63) is 57.8 Å². The monoisotopic (exact) mass is 474 g/mol. The fourth-order valence-corrected chi connectivity index (χ4v) is 5.13. The third-order valence-corrected chi connectivity index (χ3v) is 7.18. The van der Waals surface area contributed by atoms with Crippen molar-refractivity contribution in [2.75, 3.05) is 18.4 Å². The van der Waals surface area contributed by atoms with Gasteiger partial charge in [0.05, 0.1) is 15.6 Å². The largest absolute Gasteiger partial charge is 0.325 e. The van der Waals surface area contributed by atoms with Gasteiger partial charge in [-0.25, -0.2) is 12.8 Å². The van der Waals surface area contributed by atoms with Crippen LogP contribution in [0.25, 0.3) is 0 Å². The second kappa shape index (κ2) is 8.26. The molecule has 27 heavy (non-hydrogen) atoms. The van der Waals surface area contributed by atoms with E-state index in [0.29, 0.717) is 23.6 Å². The van der Waals surface area contributed by atoms with E-state index >= 15 is 0 Å².